The summed E-state index contributed by atoms with van der Waals surface area (Å²) in [5.41, 5.74) is 2.59. The van der Waals surface area contributed by atoms with Crippen LogP contribution in [0.4, 0.5) is 0 Å². The van der Waals surface area contributed by atoms with Gasteiger partial charge in [0.2, 0.25) is 0 Å². The number of hydrogen-bond donors (Lipinski definition) is 1. The molecule has 0 saturated heterocycles. The third-order valence-electron chi connectivity index (χ3n) is 3.38. The second-order valence-corrected chi connectivity index (χ2v) is 5.12. The van der Waals surface area contributed by atoms with E-state index in [1.165, 1.54) is 0 Å². The van der Waals surface area contributed by atoms with E-state index in [0.717, 1.165) is 5.56 Å². The molecule has 3 heteroatoms. The monoisotopic (exact) mass is 294 g/mol. The molecule has 2 rings (SSSR count). The molecule has 1 N–H and O–H groups in total. The van der Waals surface area contributed by atoms with E-state index in [0.29, 0.717) is 24.0 Å². The van der Waals surface area contributed by atoms with Gasteiger partial charge in [0.05, 0.1) is 5.57 Å². The quantitative estimate of drug-likeness (QED) is 0.644. The summed E-state index contributed by atoms with van der Waals surface area (Å²) in [4.78, 5) is 23.4. The Kier molecular flexibility index (Phi) is 5.26. The predicted molar refractivity (Wildman–Crippen MR) is 86.8 cm³/mol. The fourth-order valence-corrected chi connectivity index (χ4v) is 2.26. The Balaban J connectivity index is 2.06. The summed E-state index contributed by atoms with van der Waals surface area (Å²) >= 11 is 0. The Labute approximate surface area is 129 Å². The van der Waals surface area contributed by atoms with Crippen molar-refractivity contribution in [2.24, 2.45) is 0 Å². The zero-order valence-corrected chi connectivity index (χ0v) is 12.5. The minimum atomic E-state index is -0.978. The van der Waals surface area contributed by atoms with Gasteiger partial charge in [0.1, 0.15) is 0 Å². The molecular formula is C19H18O3. The first-order chi connectivity index (χ1) is 10.6. The molecule has 0 aliphatic carbocycles. The maximum atomic E-state index is 12.1. The van der Waals surface area contributed by atoms with E-state index in [4.69, 9.17) is 0 Å². The minimum Gasteiger partial charge on any atom is -0.478 e. The van der Waals surface area contributed by atoms with Crippen LogP contribution in [0, 0.1) is 6.92 Å². The van der Waals surface area contributed by atoms with Gasteiger partial charge in [-0.05, 0) is 25.0 Å². The molecular weight excluding hydrogens is 276 g/mol. The third-order valence-corrected chi connectivity index (χ3v) is 3.38. The van der Waals surface area contributed by atoms with Crippen molar-refractivity contribution >= 4 is 17.3 Å². The number of ketones is 1. The molecule has 0 spiro atoms. The van der Waals surface area contributed by atoms with Crippen LogP contribution < -0.4 is 0 Å². The van der Waals surface area contributed by atoms with Gasteiger partial charge in [-0.1, -0.05) is 60.2 Å². The minimum absolute atomic E-state index is 0.0257. The number of carbonyl (C=O) groups is 2. The van der Waals surface area contributed by atoms with Crippen molar-refractivity contribution in [1.29, 1.82) is 0 Å². The standard InChI is InChI=1S/C19H18O3/c1-14-7-5-10-16(13-14)18(20)12-6-11-17(19(21)22)15-8-3-2-4-9-15/h2-5,7-11,13H,6,12H2,1H3,(H,21,22). The second-order valence-electron chi connectivity index (χ2n) is 5.12. The van der Waals surface area contributed by atoms with E-state index in [1.807, 2.05) is 31.2 Å². The van der Waals surface area contributed by atoms with Crippen LogP contribution in [-0.2, 0) is 4.79 Å². The van der Waals surface area contributed by atoms with E-state index in [1.54, 1.807) is 36.4 Å². The Bertz CT molecular complexity index is 700. The Morgan fingerprint density at radius 1 is 1.00 bits per heavy atom. The fourth-order valence-electron chi connectivity index (χ4n) is 2.26. The van der Waals surface area contributed by atoms with Crippen LogP contribution in [0.15, 0.2) is 60.7 Å². The maximum Gasteiger partial charge on any atom is 0.335 e. The number of hydrogen-bond acceptors (Lipinski definition) is 2. The third kappa shape index (κ3) is 4.16. The lowest BCUT2D eigenvalue weighted by molar-refractivity contribution is -0.130. The average molecular weight is 294 g/mol. The first-order valence-corrected chi connectivity index (χ1v) is 7.16. The van der Waals surface area contributed by atoms with Crippen molar-refractivity contribution in [3.05, 3.63) is 77.4 Å². The van der Waals surface area contributed by atoms with Crippen molar-refractivity contribution < 1.29 is 14.7 Å². The molecule has 0 aliphatic rings. The van der Waals surface area contributed by atoms with E-state index >= 15 is 0 Å². The zero-order valence-electron chi connectivity index (χ0n) is 12.5. The molecule has 0 saturated carbocycles. The smallest absolute Gasteiger partial charge is 0.335 e. The van der Waals surface area contributed by atoms with Crippen LogP contribution >= 0.6 is 0 Å². The van der Waals surface area contributed by atoms with Crippen LogP contribution in [0.2, 0.25) is 0 Å². The highest BCUT2D eigenvalue weighted by Crippen LogP contribution is 2.16. The molecule has 0 atom stereocenters. The van der Waals surface area contributed by atoms with Crippen molar-refractivity contribution in [2.75, 3.05) is 0 Å². The van der Waals surface area contributed by atoms with E-state index in [2.05, 4.69) is 0 Å². The first-order valence-electron chi connectivity index (χ1n) is 7.16. The Morgan fingerprint density at radius 3 is 2.32 bits per heavy atom. The summed E-state index contributed by atoms with van der Waals surface area (Å²) in [7, 11) is 0. The van der Waals surface area contributed by atoms with Crippen molar-refractivity contribution in [3.63, 3.8) is 0 Å². The SMILES string of the molecule is Cc1cccc(C(=O)CCC=C(C(=O)O)c2ccccc2)c1. The number of benzene rings is 2. The molecule has 112 valence electrons. The van der Waals surface area contributed by atoms with Crippen molar-refractivity contribution in [3.8, 4) is 0 Å². The number of rotatable bonds is 6. The van der Waals surface area contributed by atoms with Gasteiger partial charge in [-0.3, -0.25) is 4.79 Å². The lowest BCUT2D eigenvalue weighted by atomic mass is 10.0. The molecule has 0 fully saturated rings. The summed E-state index contributed by atoms with van der Waals surface area (Å²) in [6.45, 7) is 1.94. The molecule has 3 nitrogen and oxygen atoms in total. The van der Waals surface area contributed by atoms with Gasteiger partial charge in [0.15, 0.2) is 5.78 Å². The number of Topliss-reactive ketones (excluding diaryl/α,β-unsaturated/α-hetero) is 1. The van der Waals surface area contributed by atoms with Gasteiger partial charge in [-0.2, -0.15) is 0 Å². The molecule has 0 heterocycles. The highest BCUT2D eigenvalue weighted by atomic mass is 16.4. The molecule has 2 aromatic carbocycles. The van der Waals surface area contributed by atoms with Crippen molar-refractivity contribution in [2.45, 2.75) is 19.8 Å². The maximum absolute atomic E-state index is 12.1. The van der Waals surface area contributed by atoms with Crippen LogP contribution in [-0.4, -0.2) is 16.9 Å². The van der Waals surface area contributed by atoms with Gasteiger partial charge >= 0.3 is 5.97 Å². The van der Waals surface area contributed by atoms with Gasteiger partial charge in [-0.25, -0.2) is 4.79 Å². The highest BCUT2D eigenvalue weighted by molar-refractivity contribution is 6.15. The van der Waals surface area contributed by atoms with Crippen molar-refractivity contribution in [1.82, 2.24) is 0 Å². The van der Waals surface area contributed by atoms with Gasteiger partial charge in [0, 0.05) is 12.0 Å². The van der Waals surface area contributed by atoms with Crippen LogP contribution in [0.25, 0.3) is 5.57 Å². The average Bonchev–Trinajstić information content (AvgIpc) is 2.52. The predicted octanol–water partition coefficient (Wildman–Crippen LogP) is 4.13. The number of aliphatic carboxylic acids is 1. The van der Waals surface area contributed by atoms with Crippen LogP contribution in [0.5, 0.6) is 0 Å². The number of carboxylic acids is 1. The van der Waals surface area contributed by atoms with Gasteiger partial charge in [0.25, 0.3) is 0 Å². The molecule has 2 aromatic rings. The molecule has 0 aliphatic heterocycles. The molecule has 0 bridgehead atoms. The lowest BCUT2D eigenvalue weighted by Crippen LogP contribution is -2.01. The summed E-state index contributed by atoms with van der Waals surface area (Å²) in [5, 5.41) is 9.29. The first kappa shape index (κ1) is 15.7. The lowest BCUT2D eigenvalue weighted by Gasteiger charge is -2.03. The number of carbonyl (C=O) groups excluding carboxylic acids is 1. The number of allylic oxidation sites excluding steroid dienone is 1. The normalized spacial score (nSPS) is 11.2. The van der Waals surface area contributed by atoms with E-state index in [9.17, 15) is 14.7 Å². The summed E-state index contributed by atoms with van der Waals surface area (Å²) in [5.74, 6) is -0.952. The second kappa shape index (κ2) is 7.36. The number of carboxylic acid groups (broad SMARTS) is 1. The molecule has 22 heavy (non-hydrogen) atoms. The zero-order chi connectivity index (χ0) is 15.9. The molecule has 0 aromatic heterocycles. The summed E-state index contributed by atoms with van der Waals surface area (Å²) < 4.78 is 0. The molecule has 0 amide bonds. The summed E-state index contributed by atoms with van der Waals surface area (Å²) in [6.07, 6.45) is 2.32. The fraction of sp³-hybridized carbons (Fsp3) is 0.158. The Morgan fingerprint density at radius 2 is 1.68 bits per heavy atom. The summed E-state index contributed by atoms with van der Waals surface area (Å²) in [6, 6.07) is 16.4. The van der Waals surface area contributed by atoms with Crippen LogP contribution in [0.3, 0.4) is 0 Å². The Hall–Kier alpha value is -2.68. The van der Waals surface area contributed by atoms with Crippen LogP contribution in [0.1, 0.15) is 34.3 Å². The molecule has 0 unspecified atom stereocenters. The highest BCUT2D eigenvalue weighted by Gasteiger charge is 2.10. The topological polar surface area (TPSA) is 54.4 Å². The van der Waals surface area contributed by atoms with E-state index < -0.39 is 5.97 Å². The van der Waals surface area contributed by atoms with Gasteiger partial charge in [-0.15, -0.1) is 0 Å². The largest absolute Gasteiger partial charge is 0.478 e. The molecule has 0 radical (unpaired) electrons. The van der Waals surface area contributed by atoms with E-state index in [-0.39, 0.29) is 11.4 Å². The number of aryl methyl sites for hydroxylation is 1. The van der Waals surface area contributed by atoms with Gasteiger partial charge < -0.3 is 5.11 Å².